The Hall–Kier alpha value is -0.600. The van der Waals surface area contributed by atoms with Crippen molar-refractivity contribution in [1.82, 2.24) is 5.32 Å². The van der Waals surface area contributed by atoms with Crippen LogP contribution in [0.4, 0.5) is 4.39 Å². The molecule has 0 unspecified atom stereocenters. The number of nitrogens with one attached hydrogen (secondary N) is 1. The van der Waals surface area contributed by atoms with Crippen molar-refractivity contribution in [3.63, 3.8) is 0 Å². The summed E-state index contributed by atoms with van der Waals surface area (Å²) in [5, 5.41) is 3.83. The Morgan fingerprint density at radius 2 is 1.94 bits per heavy atom. The first kappa shape index (κ1) is 11.9. The lowest BCUT2D eigenvalue weighted by atomic mass is 9.76. The Bertz CT molecular complexity index is 352. The van der Waals surface area contributed by atoms with E-state index >= 15 is 0 Å². The van der Waals surface area contributed by atoms with Gasteiger partial charge in [-0.2, -0.15) is 0 Å². The fourth-order valence-corrected chi connectivity index (χ4v) is 3.08. The van der Waals surface area contributed by atoms with Crippen LogP contribution in [0.1, 0.15) is 37.7 Å². The summed E-state index contributed by atoms with van der Waals surface area (Å²) in [6.45, 7) is 0. The lowest BCUT2D eigenvalue weighted by Crippen LogP contribution is -2.42. The molecule has 3 heteroatoms. The van der Waals surface area contributed by atoms with Gasteiger partial charge < -0.3 is 5.32 Å². The largest absolute Gasteiger partial charge is 0.310 e. The molecule has 0 amide bonds. The second-order valence-electron chi connectivity index (χ2n) is 4.49. The lowest BCUT2D eigenvalue weighted by molar-refractivity contribution is 0.242. The molecule has 1 aromatic carbocycles. The minimum absolute atomic E-state index is 0.191. The molecule has 88 valence electrons. The molecule has 1 aliphatic carbocycles. The van der Waals surface area contributed by atoms with Crippen molar-refractivity contribution >= 4 is 11.6 Å². The summed E-state index contributed by atoms with van der Waals surface area (Å²) in [5.41, 5.74) is 0.389. The minimum Gasteiger partial charge on any atom is -0.310 e. The van der Waals surface area contributed by atoms with Gasteiger partial charge in [-0.25, -0.2) is 4.39 Å². The molecule has 1 saturated carbocycles. The number of hydrogen-bond acceptors (Lipinski definition) is 1. The van der Waals surface area contributed by atoms with Gasteiger partial charge in [0.15, 0.2) is 0 Å². The summed E-state index contributed by atoms with van der Waals surface area (Å²) >= 11 is 6.15. The molecule has 0 aliphatic heterocycles. The van der Waals surface area contributed by atoms with Gasteiger partial charge >= 0.3 is 0 Å². The number of hydrogen-bond donors (Lipinski definition) is 1. The van der Waals surface area contributed by atoms with E-state index in [2.05, 4.69) is 5.32 Å². The van der Waals surface area contributed by atoms with Crippen molar-refractivity contribution in [2.24, 2.45) is 0 Å². The van der Waals surface area contributed by atoms with Gasteiger partial charge in [-0.15, -0.1) is 0 Å². The van der Waals surface area contributed by atoms with Crippen molar-refractivity contribution in [3.05, 3.63) is 34.6 Å². The van der Waals surface area contributed by atoms with Crippen LogP contribution < -0.4 is 5.32 Å². The Balaban J connectivity index is 2.46. The van der Waals surface area contributed by atoms with E-state index < -0.39 is 0 Å². The molecule has 1 fully saturated rings. The van der Waals surface area contributed by atoms with E-state index in [1.54, 1.807) is 12.1 Å². The third kappa shape index (κ3) is 1.96. The molecule has 16 heavy (non-hydrogen) atoms. The Kier molecular flexibility index (Phi) is 3.50. The minimum atomic E-state index is -0.263. The van der Waals surface area contributed by atoms with Crippen LogP contribution in [0.15, 0.2) is 18.2 Å². The molecular weight excluding hydrogens is 225 g/mol. The summed E-state index contributed by atoms with van der Waals surface area (Å²) in [6.07, 6.45) is 5.42. The normalized spacial score (nSPS) is 19.7. The van der Waals surface area contributed by atoms with E-state index in [0.717, 1.165) is 25.7 Å². The number of rotatable bonds is 2. The fraction of sp³-hybridized carbons (Fsp3) is 0.538. The van der Waals surface area contributed by atoms with Crippen molar-refractivity contribution in [1.29, 1.82) is 0 Å². The Morgan fingerprint density at radius 1 is 1.25 bits per heavy atom. The second kappa shape index (κ2) is 4.72. The molecule has 0 radical (unpaired) electrons. The van der Waals surface area contributed by atoms with E-state index in [0.29, 0.717) is 10.6 Å². The van der Waals surface area contributed by atoms with Crippen LogP contribution in [0.2, 0.25) is 5.02 Å². The van der Waals surface area contributed by atoms with Gasteiger partial charge in [0.05, 0.1) is 0 Å². The highest BCUT2D eigenvalue weighted by Gasteiger charge is 2.36. The SMILES string of the molecule is CNC1(c2c(F)cccc2Cl)CCCCC1. The van der Waals surface area contributed by atoms with E-state index in [1.165, 1.54) is 12.5 Å². The zero-order chi connectivity index (χ0) is 11.6. The average Bonchev–Trinajstić information content (AvgIpc) is 2.30. The molecule has 1 nitrogen and oxygen atoms in total. The molecule has 1 aliphatic rings. The first-order valence-electron chi connectivity index (χ1n) is 5.83. The van der Waals surface area contributed by atoms with Crippen molar-refractivity contribution < 1.29 is 4.39 Å². The molecule has 1 aromatic rings. The predicted molar refractivity (Wildman–Crippen MR) is 65.2 cm³/mol. The summed E-state index contributed by atoms with van der Waals surface area (Å²) in [4.78, 5) is 0. The van der Waals surface area contributed by atoms with E-state index in [-0.39, 0.29) is 11.4 Å². The molecule has 1 N–H and O–H groups in total. The first-order valence-corrected chi connectivity index (χ1v) is 6.21. The summed E-state index contributed by atoms with van der Waals surface area (Å²) in [6, 6.07) is 4.93. The Labute approximate surface area is 101 Å². The summed E-state index contributed by atoms with van der Waals surface area (Å²) in [5.74, 6) is -0.191. The molecule has 0 heterocycles. The maximum absolute atomic E-state index is 13.9. The van der Waals surface area contributed by atoms with Crippen molar-refractivity contribution in [2.45, 2.75) is 37.6 Å². The van der Waals surface area contributed by atoms with Gasteiger partial charge in [-0.3, -0.25) is 0 Å². The summed E-state index contributed by atoms with van der Waals surface area (Å²) in [7, 11) is 1.90. The van der Waals surface area contributed by atoms with Crippen LogP contribution >= 0.6 is 11.6 Å². The topological polar surface area (TPSA) is 12.0 Å². The zero-order valence-corrected chi connectivity index (χ0v) is 10.3. The van der Waals surface area contributed by atoms with E-state index in [1.807, 2.05) is 7.05 Å². The fourth-order valence-electron chi connectivity index (χ4n) is 2.74. The smallest absolute Gasteiger partial charge is 0.129 e. The van der Waals surface area contributed by atoms with Crippen LogP contribution in [0.3, 0.4) is 0 Å². The molecule has 2 rings (SSSR count). The quantitative estimate of drug-likeness (QED) is 0.829. The maximum atomic E-state index is 13.9. The highest BCUT2D eigenvalue weighted by atomic mass is 35.5. The van der Waals surface area contributed by atoms with Gasteiger partial charge in [0.2, 0.25) is 0 Å². The van der Waals surface area contributed by atoms with Crippen molar-refractivity contribution in [3.8, 4) is 0 Å². The maximum Gasteiger partial charge on any atom is 0.129 e. The van der Waals surface area contributed by atoms with Gasteiger partial charge in [0.25, 0.3) is 0 Å². The van der Waals surface area contributed by atoms with Crippen LogP contribution in [0.5, 0.6) is 0 Å². The summed E-state index contributed by atoms with van der Waals surface area (Å²) < 4.78 is 13.9. The third-order valence-corrected chi connectivity index (χ3v) is 3.94. The van der Waals surface area contributed by atoms with Crippen LogP contribution in [-0.4, -0.2) is 7.05 Å². The standard InChI is InChI=1S/C13H17ClFN/c1-16-13(8-3-2-4-9-13)12-10(14)6-5-7-11(12)15/h5-7,16H,2-4,8-9H2,1H3. The number of benzene rings is 1. The highest BCUT2D eigenvalue weighted by Crippen LogP contribution is 2.41. The average molecular weight is 242 g/mol. The monoisotopic (exact) mass is 241 g/mol. The lowest BCUT2D eigenvalue weighted by Gasteiger charge is -2.38. The first-order chi connectivity index (χ1) is 7.69. The third-order valence-electron chi connectivity index (χ3n) is 3.63. The predicted octanol–water partition coefficient (Wildman–Crippen LogP) is 3.86. The van der Waals surface area contributed by atoms with Crippen LogP contribution in [0, 0.1) is 5.82 Å². The molecular formula is C13H17ClFN. The van der Waals surface area contributed by atoms with Gasteiger partial charge in [0.1, 0.15) is 5.82 Å². The van der Waals surface area contributed by atoms with Gasteiger partial charge in [-0.05, 0) is 32.0 Å². The van der Waals surface area contributed by atoms with Crippen LogP contribution in [-0.2, 0) is 5.54 Å². The zero-order valence-electron chi connectivity index (χ0n) is 9.52. The van der Waals surface area contributed by atoms with Gasteiger partial charge in [-0.1, -0.05) is 36.9 Å². The molecule has 0 aromatic heterocycles. The Morgan fingerprint density at radius 3 is 2.50 bits per heavy atom. The van der Waals surface area contributed by atoms with E-state index in [4.69, 9.17) is 11.6 Å². The van der Waals surface area contributed by atoms with E-state index in [9.17, 15) is 4.39 Å². The second-order valence-corrected chi connectivity index (χ2v) is 4.90. The molecule has 0 atom stereocenters. The number of halogens is 2. The van der Waals surface area contributed by atoms with Crippen LogP contribution in [0.25, 0.3) is 0 Å². The molecule has 0 saturated heterocycles. The van der Waals surface area contributed by atoms with Gasteiger partial charge in [0, 0.05) is 16.1 Å². The molecule has 0 spiro atoms. The van der Waals surface area contributed by atoms with Crippen molar-refractivity contribution in [2.75, 3.05) is 7.05 Å². The molecule has 0 bridgehead atoms. The highest BCUT2D eigenvalue weighted by molar-refractivity contribution is 6.31.